The van der Waals surface area contributed by atoms with Gasteiger partial charge in [-0.3, -0.25) is 9.52 Å². The van der Waals surface area contributed by atoms with E-state index in [2.05, 4.69) is 4.72 Å². The molecule has 1 atom stereocenters. The lowest BCUT2D eigenvalue weighted by molar-refractivity contribution is -0.119. The Bertz CT molecular complexity index is 1260. The summed E-state index contributed by atoms with van der Waals surface area (Å²) in [6.07, 6.45) is 0. The van der Waals surface area contributed by atoms with Crippen molar-refractivity contribution in [3.05, 3.63) is 36.4 Å². The minimum Gasteiger partial charge on any atom is -0.495 e. The monoisotopic (exact) mass is 468 g/mol. The maximum absolute atomic E-state index is 13.1. The molecule has 2 aliphatic rings. The van der Waals surface area contributed by atoms with Crippen molar-refractivity contribution in [3.63, 3.8) is 0 Å². The predicted octanol–water partition coefficient (Wildman–Crippen LogP) is 1.58. The molecule has 1 fully saturated rings. The molecule has 1 saturated heterocycles. The Kier molecular flexibility index (Phi) is 5.21. The van der Waals surface area contributed by atoms with Crippen LogP contribution >= 0.6 is 0 Å². The molecule has 10 nitrogen and oxygen atoms in total. The molecule has 12 heteroatoms. The standard InChI is InChI=1S/C19H20N2O8S2/c1-12-11-30(23,24)21(19(12)22)14-4-6-16(27-2)18(10-14)31(25,26)20-13-3-5-15-17(9-13)29-8-7-28-15/h3-6,9-10,12,20H,7-8,11H2,1-2H3/t12-/m0/s1. The van der Waals surface area contributed by atoms with Gasteiger partial charge in [0.1, 0.15) is 23.9 Å². The second kappa shape index (κ2) is 7.61. The van der Waals surface area contributed by atoms with Crippen molar-refractivity contribution in [2.24, 2.45) is 5.92 Å². The molecule has 2 heterocycles. The third kappa shape index (κ3) is 3.88. The average molecular weight is 469 g/mol. The van der Waals surface area contributed by atoms with Gasteiger partial charge in [0.25, 0.3) is 10.0 Å². The number of sulfonamides is 2. The van der Waals surface area contributed by atoms with Gasteiger partial charge in [-0.05, 0) is 30.3 Å². The maximum atomic E-state index is 13.1. The Balaban J connectivity index is 1.72. The molecule has 0 spiro atoms. The molecule has 0 saturated carbocycles. The van der Waals surface area contributed by atoms with Gasteiger partial charge in [0, 0.05) is 6.07 Å². The van der Waals surface area contributed by atoms with E-state index in [0.717, 1.165) is 6.07 Å². The number of anilines is 2. The van der Waals surface area contributed by atoms with E-state index < -0.39 is 31.9 Å². The van der Waals surface area contributed by atoms with Crippen molar-refractivity contribution >= 4 is 37.3 Å². The molecular weight excluding hydrogens is 448 g/mol. The summed E-state index contributed by atoms with van der Waals surface area (Å²) in [6.45, 7) is 2.25. The van der Waals surface area contributed by atoms with Crippen LogP contribution in [0.15, 0.2) is 41.3 Å². The number of methoxy groups -OCH3 is 1. The highest BCUT2D eigenvalue weighted by Crippen LogP contribution is 2.36. The summed E-state index contributed by atoms with van der Waals surface area (Å²) in [5, 5.41) is 0. The van der Waals surface area contributed by atoms with E-state index in [0.29, 0.717) is 29.0 Å². The molecule has 0 bridgehead atoms. The Morgan fingerprint density at radius 3 is 2.45 bits per heavy atom. The Morgan fingerprint density at radius 2 is 1.81 bits per heavy atom. The Hall–Kier alpha value is -2.99. The molecule has 2 aromatic carbocycles. The minimum atomic E-state index is -4.21. The molecule has 0 unspecified atom stereocenters. The number of carbonyl (C=O) groups excluding carboxylic acids is 1. The van der Waals surface area contributed by atoms with Crippen LogP contribution in [0.4, 0.5) is 11.4 Å². The van der Waals surface area contributed by atoms with E-state index in [9.17, 15) is 21.6 Å². The van der Waals surface area contributed by atoms with Gasteiger partial charge >= 0.3 is 0 Å². The fraction of sp³-hybridized carbons (Fsp3) is 0.316. The van der Waals surface area contributed by atoms with Crippen molar-refractivity contribution in [3.8, 4) is 17.2 Å². The van der Waals surface area contributed by atoms with Crippen molar-refractivity contribution in [1.29, 1.82) is 0 Å². The van der Waals surface area contributed by atoms with Gasteiger partial charge in [-0.25, -0.2) is 21.1 Å². The van der Waals surface area contributed by atoms with Gasteiger partial charge < -0.3 is 14.2 Å². The lowest BCUT2D eigenvalue weighted by atomic mass is 10.2. The molecule has 2 aromatic rings. The van der Waals surface area contributed by atoms with Gasteiger partial charge in [-0.1, -0.05) is 6.92 Å². The van der Waals surface area contributed by atoms with Crippen molar-refractivity contribution in [2.45, 2.75) is 11.8 Å². The summed E-state index contributed by atoms with van der Waals surface area (Å²) in [5.41, 5.74) is 0.146. The third-order valence-corrected chi connectivity index (χ3v) is 8.10. The summed E-state index contributed by atoms with van der Waals surface area (Å²) in [7, 11) is -6.81. The number of benzene rings is 2. The summed E-state index contributed by atoms with van der Waals surface area (Å²) in [5.74, 6) is -0.784. The quantitative estimate of drug-likeness (QED) is 0.700. The number of fused-ring (bicyclic) bond motifs is 1. The van der Waals surface area contributed by atoms with E-state index in [4.69, 9.17) is 14.2 Å². The molecule has 166 valence electrons. The van der Waals surface area contributed by atoms with E-state index in [1.54, 1.807) is 6.07 Å². The lowest BCUT2D eigenvalue weighted by Crippen LogP contribution is -2.30. The zero-order valence-corrected chi connectivity index (χ0v) is 18.3. The molecule has 1 amide bonds. The van der Waals surface area contributed by atoms with Gasteiger partial charge in [0.2, 0.25) is 15.9 Å². The molecule has 0 aromatic heterocycles. The van der Waals surface area contributed by atoms with Crippen molar-refractivity contribution in [1.82, 2.24) is 0 Å². The number of rotatable bonds is 5. The first-order chi connectivity index (χ1) is 14.6. The van der Waals surface area contributed by atoms with E-state index in [1.807, 2.05) is 0 Å². The van der Waals surface area contributed by atoms with Gasteiger partial charge in [0.05, 0.1) is 30.2 Å². The van der Waals surface area contributed by atoms with Crippen LogP contribution in [0.5, 0.6) is 17.2 Å². The number of hydrogen-bond acceptors (Lipinski definition) is 8. The SMILES string of the molecule is COc1ccc(N2C(=O)[C@@H](C)CS2(=O)=O)cc1S(=O)(=O)Nc1ccc2c(c1)OCCO2. The Morgan fingerprint density at radius 1 is 1.10 bits per heavy atom. The number of nitrogens with zero attached hydrogens (tertiary/aromatic N) is 1. The predicted molar refractivity (Wildman–Crippen MR) is 112 cm³/mol. The molecule has 1 N–H and O–H groups in total. The molecule has 31 heavy (non-hydrogen) atoms. The largest absolute Gasteiger partial charge is 0.495 e. The zero-order chi connectivity index (χ0) is 22.4. The van der Waals surface area contributed by atoms with Crippen molar-refractivity contribution in [2.75, 3.05) is 35.1 Å². The lowest BCUT2D eigenvalue weighted by Gasteiger charge is -2.20. The summed E-state index contributed by atoms with van der Waals surface area (Å²) in [6, 6.07) is 8.31. The highest BCUT2D eigenvalue weighted by Gasteiger charge is 2.42. The smallest absolute Gasteiger partial charge is 0.265 e. The van der Waals surface area contributed by atoms with E-state index in [1.165, 1.54) is 38.3 Å². The number of carbonyl (C=O) groups is 1. The summed E-state index contributed by atoms with van der Waals surface area (Å²) >= 11 is 0. The minimum absolute atomic E-state index is 0.00844. The fourth-order valence-electron chi connectivity index (χ4n) is 3.41. The highest BCUT2D eigenvalue weighted by molar-refractivity contribution is 7.94. The maximum Gasteiger partial charge on any atom is 0.265 e. The van der Waals surface area contributed by atoms with Gasteiger partial charge in [-0.15, -0.1) is 0 Å². The number of hydrogen-bond donors (Lipinski definition) is 1. The average Bonchev–Trinajstić information content (AvgIpc) is 2.93. The topological polar surface area (TPSA) is 128 Å². The third-order valence-electron chi connectivity index (χ3n) is 4.83. The normalized spacial score (nSPS) is 19.9. The number of amides is 1. The first kappa shape index (κ1) is 21.2. The number of nitrogens with one attached hydrogen (secondary N) is 1. The van der Waals surface area contributed by atoms with Crippen LogP contribution in [0.2, 0.25) is 0 Å². The van der Waals surface area contributed by atoms with Crippen LogP contribution in [0.25, 0.3) is 0 Å². The van der Waals surface area contributed by atoms with Crippen LogP contribution in [-0.4, -0.2) is 48.8 Å². The first-order valence-electron chi connectivity index (χ1n) is 9.30. The molecule has 2 aliphatic heterocycles. The second-order valence-electron chi connectivity index (χ2n) is 7.08. The van der Waals surface area contributed by atoms with E-state index >= 15 is 0 Å². The van der Waals surface area contributed by atoms with Crippen LogP contribution in [0.3, 0.4) is 0 Å². The van der Waals surface area contributed by atoms with Crippen LogP contribution < -0.4 is 23.2 Å². The van der Waals surface area contributed by atoms with Crippen LogP contribution in [0.1, 0.15) is 6.92 Å². The van der Waals surface area contributed by atoms with Gasteiger partial charge in [0.15, 0.2) is 11.5 Å². The molecule has 0 radical (unpaired) electrons. The van der Waals surface area contributed by atoms with Gasteiger partial charge in [-0.2, -0.15) is 0 Å². The highest BCUT2D eigenvalue weighted by atomic mass is 32.2. The molecule has 4 rings (SSSR count). The van der Waals surface area contributed by atoms with E-state index in [-0.39, 0.29) is 27.8 Å². The summed E-state index contributed by atoms with van der Waals surface area (Å²) in [4.78, 5) is 12.1. The number of ether oxygens (including phenoxy) is 3. The molecular formula is C19H20N2O8S2. The van der Waals surface area contributed by atoms with Crippen LogP contribution in [0, 0.1) is 5.92 Å². The first-order valence-corrected chi connectivity index (χ1v) is 12.4. The fourth-order valence-corrected chi connectivity index (χ4v) is 6.46. The Labute approximate surface area is 179 Å². The molecule has 0 aliphatic carbocycles. The zero-order valence-electron chi connectivity index (χ0n) is 16.7. The second-order valence-corrected chi connectivity index (χ2v) is 10.6. The van der Waals surface area contributed by atoms with Crippen molar-refractivity contribution < 1.29 is 35.8 Å². The summed E-state index contributed by atoms with van der Waals surface area (Å²) < 4.78 is 70.1. The van der Waals surface area contributed by atoms with Crippen LogP contribution in [-0.2, 0) is 24.8 Å².